The van der Waals surface area contributed by atoms with Gasteiger partial charge < -0.3 is 9.64 Å². The summed E-state index contributed by atoms with van der Waals surface area (Å²) in [7, 11) is -3.56. The fraction of sp³-hybridized carbons (Fsp3) is 0.708. The molecule has 1 aromatic rings. The molecule has 1 heterocycles. The van der Waals surface area contributed by atoms with Gasteiger partial charge in [-0.25, -0.2) is 12.8 Å². The third kappa shape index (κ3) is 5.79. The normalized spacial score (nSPS) is 25.0. The van der Waals surface area contributed by atoms with E-state index in [2.05, 4.69) is 4.90 Å². The summed E-state index contributed by atoms with van der Waals surface area (Å²) in [5.41, 5.74) is 0. The molecule has 7 heteroatoms. The third-order valence-corrected chi connectivity index (χ3v) is 8.60. The van der Waals surface area contributed by atoms with Gasteiger partial charge in [0.25, 0.3) is 0 Å². The first-order chi connectivity index (χ1) is 14.8. The topological polar surface area (TPSA) is 63.7 Å². The van der Waals surface area contributed by atoms with Crippen molar-refractivity contribution in [2.75, 3.05) is 26.0 Å². The Balaban J connectivity index is 1.15. The van der Waals surface area contributed by atoms with Gasteiger partial charge in [0, 0.05) is 31.8 Å². The number of sulfone groups is 1. The summed E-state index contributed by atoms with van der Waals surface area (Å²) in [6.07, 6.45) is 11.1. The van der Waals surface area contributed by atoms with Crippen molar-refractivity contribution in [1.29, 1.82) is 0 Å². The summed E-state index contributed by atoms with van der Waals surface area (Å²) in [4.78, 5) is 14.3. The summed E-state index contributed by atoms with van der Waals surface area (Å²) in [5.74, 6) is 2.65. The standard InChI is InChI=1S/C24H34FNO4S/c1-31(28,29)23-7-6-20(16-22(23)25)30-13-10-19-15-21(19)18-8-11-26(12-9-18)24(27)14-17-4-2-3-5-17/h6-7,16-19,21H,2-5,8-15H2,1H3. The number of likely N-dealkylation sites (tertiary alicyclic amines) is 1. The number of amides is 1. The van der Waals surface area contributed by atoms with Gasteiger partial charge in [0.2, 0.25) is 5.91 Å². The highest BCUT2D eigenvalue weighted by atomic mass is 32.2. The lowest BCUT2D eigenvalue weighted by Crippen LogP contribution is -2.39. The van der Waals surface area contributed by atoms with Gasteiger partial charge in [-0.05, 0) is 74.3 Å². The van der Waals surface area contributed by atoms with Gasteiger partial charge >= 0.3 is 0 Å². The second kappa shape index (κ2) is 9.47. The zero-order chi connectivity index (χ0) is 22.0. The molecule has 2 unspecified atom stereocenters. The monoisotopic (exact) mass is 451 g/mol. The van der Waals surface area contributed by atoms with Crippen LogP contribution in [0.4, 0.5) is 4.39 Å². The molecule has 1 amide bonds. The molecule has 4 rings (SSSR count). The summed E-state index contributed by atoms with van der Waals surface area (Å²) in [6, 6.07) is 3.93. The van der Waals surface area contributed by atoms with Crippen molar-refractivity contribution in [2.45, 2.75) is 62.7 Å². The number of nitrogens with zero attached hydrogens (tertiary/aromatic N) is 1. The van der Waals surface area contributed by atoms with Gasteiger partial charge in [-0.1, -0.05) is 12.8 Å². The number of benzene rings is 1. The Morgan fingerprint density at radius 2 is 1.87 bits per heavy atom. The Morgan fingerprint density at radius 3 is 2.52 bits per heavy atom. The van der Waals surface area contributed by atoms with Crippen molar-refractivity contribution in [1.82, 2.24) is 4.90 Å². The lowest BCUT2D eigenvalue weighted by atomic mass is 9.90. The molecule has 0 N–H and O–H groups in total. The fourth-order valence-electron chi connectivity index (χ4n) is 5.55. The highest BCUT2D eigenvalue weighted by Gasteiger charge is 2.43. The first-order valence-corrected chi connectivity index (χ1v) is 13.6. The van der Waals surface area contributed by atoms with Crippen LogP contribution >= 0.6 is 0 Å². The van der Waals surface area contributed by atoms with Gasteiger partial charge in [0.05, 0.1) is 6.61 Å². The van der Waals surface area contributed by atoms with E-state index in [0.29, 0.717) is 36.0 Å². The molecule has 3 fully saturated rings. The van der Waals surface area contributed by atoms with E-state index in [1.54, 1.807) is 0 Å². The number of ether oxygens (including phenoxy) is 1. The first-order valence-electron chi connectivity index (χ1n) is 11.7. The maximum absolute atomic E-state index is 14.0. The van der Waals surface area contributed by atoms with Crippen LogP contribution in [0.25, 0.3) is 0 Å². The minimum absolute atomic E-state index is 0.296. The molecular formula is C24H34FNO4S. The molecule has 2 aliphatic carbocycles. The lowest BCUT2D eigenvalue weighted by molar-refractivity contribution is -0.133. The number of halogens is 1. The largest absolute Gasteiger partial charge is 0.493 e. The smallest absolute Gasteiger partial charge is 0.222 e. The van der Waals surface area contributed by atoms with Crippen LogP contribution in [0.1, 0.15) is 57.8 Å². The van der Waals surface area contributed by atoms with Crippen LogP contribution < -0.4 is 4.74 Å². The molecule has 1 aliphatic heterocycles. The van der Waals surface area contributed by atoms with Crippen LogP contribution in [0.2, 0.25) is 0 Å². The van der Waals surface area contributed by atoms with Crippen LogP contribution in [-0.2, 0) is 14.6 Å². The number of rotatable bonds is 8. The van der Waals surface area contributed by atoms with Gasteiger partial charge in [-0.2, -0.15) is 0 Å². The molecule has 0 bridgehead atoms. The van der Waals surface area contributed by atoms with E-state index < -0.39 is 15.7 Å². The molecule has 0 spiro atoms. The summed E-state index contributed by atoms with van der Waals surface area (Å²) < 4.78 is 42.6. The van der Waals surface area contributed by atoms with Crippen molar-refractivity contribution in [2.24, 2.45) is 23.7 Å². The minimum atomic E-state index is -3.56. The third-order valence-electron chi connectivity index (χ3n) is 7.47. The molecule has 0 aromatic heterocycles. The molecule has 3 aliphatic rings. The SMILES string of the molecule is CS(=O)(=O)c1ccc(OCCC2CC2C2CCN(C(=O)CC3CCCC3)CC2)cc1F. The van der Waals surface area contributed by atoms with E-state index in [1.165, 1.54) is 44.2 Å². The van der Waals surface area contributed by atoms with Crippen molar-refractivity contribution in [3.8, 4) is 5.75 Å². The van der Waals surface area contributed by atoms with E-state index in [1.807, 2.05) is 0 Å². The maximum Gasteiger partial charge on any atom is 0.222 e. The second-order valence-electron chi connectivity index (χ2n) is 9.73. The number of hydrogen-bond donors (Lipinski definition) is 0. The Bertz CT molecular complexity index is 889. The van der Waals surface area contributed by atoms with E-state index in [9.17, 15) is 17.6 Å². The predicted molar refractivity (Wildman–Crippen MR) is 117 cm³/mol. The van der Waals surface area contributed by atoms with Crippen molar-refractivity contribution in [3.63, 3.8) is 0 Å². The molecule has 2 atom stereocenters. The summed E-state index contributed by atoms with van der Waals surface area (Å²) in [6.45, 7) is 2.32. The molecule has 172 valence electrons. The van der Waals surface area contributed by atoms with Crippen LogP contribution in [0.3, 0.4) is 0 Å². The predicted octanol–water partition coefficient (Wildman–Crippen LogP) is 4.45. The maximum atomic E-state index is 14.0. The van der Waals surface area contributed by atoms with Crippen LogP contribution in [0, 0.1) is 29.5 Å². The van der Waals surface area contributed by atoms with Crippen molar-refractivity contribution < 1.29 is 22.3 Å². The zero-order valence-electron chi connectivity index (χ0n) is 18.4. The van der Waals surface area contributed by atoms with Gasteiger partial charge in [-0.15, -0.1) is 0 Å². The molecule has 1 aromatic carbocycles. The zero-order valence-corrected chi connectivity index (χ0v) is 19.2. The molecule has 0 radical (unpaired) electrons. The Morgan fingerprint density at radius 1 is 1.16 bits per heavy atom. The van der Waals surface area contributed by atoms with Crippen LogP contribution in [0.5, 0.6) is 5.75 Å². The molecule has 1 saturated heterocycles. The average molecular weight is 452 g/mol. The van der Waals surface area contributed by atoms with Crippen molar-refractivity contribution >= 4 is 15.7 Å². The van der Waals surface area contributed by atoms with E-state index in [-0.39, 0.29) is 4.90 Å². The highest BCUT2D eigenvalue weighted by Crippen LogP contribution is 2.49. The fourth-order valence-corrected chi connectivity index (χ4v) is 6.28. The summed E-state index contributed by atoms with van der Waals surface area (Å²) >= 11 is 0. The van der Waals surface area contributed by atoms with Crippen LogP contribution in [0.15, 0.2) is 23.1 Å². The van der Waals surface area contributed by atoms with E-state index >= 15 is 0 Å². The average Bonchev–Trinajstić information content (AvgIpc) is 3.31. The molecule has 2 saturated carbocycles. The minimum Gasteiger partial charge on any atom is -0.493 e. The second-order valence-corrected chi connectivity index (χ2v) is 11.7. The van der Waals surface area contributed by atoms with Gasteiger partial charge in [-0.3, -0.25) is 4.79 Å². The molecule has 5 nitrogen and oxygen atoms in total. The Kier molecular flexibility index (Phi) is 6.89. The molecular weight excluding hydrogens is 417 g/mol. The Labute approximate surface area is 185 Å². The number of hydrogen-bond acceptors (Lipinski definition) is 4. The number of piperidine rings is 1. The first kappa shape index (κ1) is 22.6. The van der Waals surface area contributed by atoms with Crippen LogP contribution in [-0.4, -0.2) is 45.2 Å². The van der Waals surface area contributed by atoms with Gasteiger partial charge in [0.1, 0.15) is 16.5 Å². The molecule has 31 heavy (non-hydrogen) atoms. The highest BCUT2D eigenvalue weighted by molar-refractivity contribution is 7.90. The Hall–Kier alpha value is -1.63. The van der Waals surface area contributed by atoms with Gasteiger partial charge in [0.15, 0.2) is 9.84 Å². The number of carbonyl (C=O) groups is 1. The number of carbonyl (C=O) groups excluding carboxylic acids is 1. The van der Waals surface area contributed by atoms with Crippen molar-refractivity contribution in [3.05, 3.63) is 24.0 Å². The lowest BCUT2D eigenvalue weighted by Gasteiger charge is -2.33. The van der Waals surface area contributed by atoms with E-state index in [0.717, 1.165) is 57.0 Å². The summed E-state index contributed by atoms with van der Waals surface area (Å²) in [5, 5.41) is 0. The quantitative estimate of drug-likeness (QED) is 0.586. The van der Waals surface area contributed by atoms with E-state index in [4.69, 9.17) is 4.74 Å².